The summed E-state index contributed by atoms with van der Waals surface area (Å²) in [5, 5.41) is 0.636. The molecule has 4 heteroatoms. The van der Waals surface area contributed by atoms with Gasteiger partial charge in [-0.15, -0.1) is 11.6 Å². The summed E-state index contributed by atoms with van der Waals surface area (Å²) in [5.41, 5.74) is 2.67. The van der Waals surface area contributed by atoms with Crippen LogP contribution >= 0.6 is 23.2 Å². The normalized spacial score (nSPS) is 10.4. The molecule has 1 nitrogen and oxygen atoms in total. The van der Waals surface area contributed by atoms with Crippen molar-refractivity contribution in [3.63, 3.8) is 0 Å². The number of anilines is 2. The number of hydrogen-bond acceptors (Lipinski definition) is 1. The van der Waals surface area contributed by atoms with Crippen LogP contribution in [0.1, 0.15) is 5.56 Å². The summed E-state index contributed by atoms with van der Waals surface area (Å²) in [6.45, 7) is 0. The minimum absolute atomic E-state index is 0.254. The van der Waals surface area contributed by atoms with E-state index in [9.17, 15) is 4.39 Å². The van der Waals surface area contributed by atoms with Crippen molar-refractivity contribution >= 4 is 34.6 Å². The van der Waals surface area contributed by atoms with Gasteiger partial charge in [0.2, 0.25) is 0 Å². The van der Waals surface area contributed by atoms with E-state index in [0.717, 1.165) is 16.9 Å². The van der Waals surface area contributed by atoms with E-state index in [4.69, 9.17) is 23.2 Å². The molecule has 0 amide bonds. The molecule has 18 heavy (non-hydrogen) atoms. The molecule has 94 valence electrons. The van der Waals surface area contributed by atoms with Crippen LogP contribution in [0.3, 0.4) is 0 Å². The summed E-state index contributed by atoms with van der Waals surface area (Å²) >= 11 is 12.0. The van der Waals surface area contributed by atoms with E-state index in [2.05, 4.69) is 0 Å². The highest BCUT2D eigenvalue weighted by molar-refractivity contribution is 6.32. The second-order valence-electron chi connectivity index (χ2n) is 3.91. The van der Waals surface area contributed by atoms with Gasteiger partial charge < -0.3 is 4.90 Å². The quantitative estimate of drug-likeness (QED) is 0.718. The molecule has 0 saturated heterocycles. The van der Waals surface area contributed by atoms with Gasteiger partial charge in [0.1, 0.15) is 5.82 Å². The first kappa shape index (κ1) is 13.2. The summed E-state index contributed by atoms with van der Waals surface area (Å²) in [7, 11) is 1.90. The Labute approximate surface area is 116 Å². The van der Waals surface area contributed by atoms with E-state index in [1.54, 1.807) is 18.2 Å². The topological polar surface area (TPSA) is 3.24 Å². The number of benzene rings is 2. The number of alkyl halides is 1. The van der Waals surface area contributed by atoms with Crippen LogP contribution in [0.4, 0.5) is 15.8 Å². The van der Waals surface area contributed by atoms with Gasteiger partial charge in [-0.1, -0.05) is 17.7 Å². The van der Waals surface area contributed by atoms with Crippen LogP contribution < -0.4 is 4.90 Å². The van der Waals surface area contributed by atoms with Crippen molar-refractivity contribution in [3.05, 3.63) is 58.9 Å². The van der Waals surface area contributed by atoms with Gasteiger partial charge in [-0.3, -0.25) is 0 Å². The first-order valence-electron chi connectivity index (χ1n) is 5.46. The molecule has 0 aliphatic rings. The standard InChI is InChI=1S/C14H12Cl2FN/c1-18(11-7-5-10(17)6-8-11)14-4-2-3-13(16)12(14)9-15/h2-8H,9H2,1H3. The molecule has 0 N–H and O–H groups in total. The van der Waals surface area contributed by atoms with Crippen LogP contribution in [0.15, 0.2) is 42.5 Å². The summed E-state index contributed by atoms with van der Waals surface area (Å²) in [6, 6.07) is 11.9. The third-order valence-electron chi connectivity index (χ3n) is 2.80. The predicted octanol–water partition coefficient (Wildman–Crippen LogP) is 4.99. The molecular formula is C14H12Cl2FN. The van der Waals surface area contributed by atoms with Crippen molar-refractivity contribution in [2.24, 2.45) is 0 Å². The number of halogens is 3. The lowest BCUT2D eigenvalue weighted by molar-refractivity contribution is 0.628. The fourth-order valence-corrected chi connectivity index (χ4v) is 2.38. The highest BCUT2D eigenvalue weighted by Gasteiger charge is 2.11. The zero-order valence-electron chi connectivity index (χ0n) is 9.83. The van der Waals surface area contributed by atoms with Crippen LogP contribution in [-0.4, -0.2) is 7.05 Å². The Balaban J connectivity index is 2.42. The zero-order valence-corrected chi connectivity index (χ0v) is 11.3. The minimum Gasteiger partial charge on any atom is -0.344 e. The second kappa shape index (κ2) is 5.59. The molecule has 0 heterocycles. The summed E-state index contributed by atoms with van der Waals surface area (Å²) in [5.74, 6) is 0.0800. The maximum absolute atomic E-state index is 12.9. The van der Waals surface area contributed by atoms with E-state index in [0.29, 0.717) is 10.9 Å². The molecule has 0 radical (unpaired) electrons. The minimum atomic E-state index is -0.254. The predicted molar refractivity (Wildman–Crippen MR) is 75.5 cm³/mol. The van der Waals surface area contributed by atoms with E-state index < -0.39 is 0 Å². The summed E-state index contributed by atoms with van der Waals surface area (Å²) < 4.78 is 12.9. The molecule has 0 spiro atoms. The third kappa shape index (κ3) is 2.60. The molecular weight excluding hydrogens is 272 g/mol. The lowest BCUT2D eigenvalue weighted by Gasteiger charge is -2.22. The van der Waals surface area contributed by atoms with Crippen molar-refractivity contribution in [3.8, 4) is 0 Å². The monoisotopic (exact) mass is 283 g/mol. The van der Waals surface area contributed by atoms with Crippen molar-refractivity contribution in [1.29, 1.82) is 0 Å². The number of rotatable bonds is 3. The maximum Gasteiger partial charge on any atom is 0.123 e. The molecule has 2 rings (SSSR count). The van der Waals surface area contributed by atoms with Gasteiger partial charge in [-0.2, -0.15) is 0 Å². The van der Waals surface area contributed by atoms with Crippen molar-refractivity contribution in [1.82, 2.24) is 0 Å². The van der Waals surface area contributed by atoms with Crippen LogP contribution in [0, 0.1) is 5.82 Å². The Hall–Kier alpha value is -1.25. The molecule has 2 aromatic rings. The van der Waals surface area contributed by atoms with Crippen LogP contribution in [0.5, 0.6) is 0 Å². The lowest BCUT2D eigenvalue weighted by Crippen LogP contribution is -2.11. The molecule has 0 fully saturated rings. The van der Waals surface area contributed by atoms with E-state index in [1.807, 2.05) is 24.1 Å². The molecule has 0 atom stereocenters. The van der Waals surface area contributed by atoms with Gasteiger partial charge in [0, 0.05) is 29.0 Å². The first-order chi connectivity index (χ1) is 8.63. The zero-order chi connectivity index (χ0) is 13.1. The Kier molecular flexibility index (Phi) is 4.10. The SMILES string of the molecule is CN(c1ccc(F)cc1)c1cccc(Cl)c1CCl. The largest absolute Gasteiger partial charge is 0.344 e. The van der Waals surface area contributed by atoms with Crippen molar-refractivity contribution in [2.45, 2.75) is 5.88 Å². The molecule has 0 saturated carbocycles. The summed E-state index contributed by atoms with van der Waals surface area (Å²) in [6.07, 6.45) is 0. The highest BCUT2D eigenvalue weighted by Crippen LogP contribution is 2.32. The smallest absolute Gasteiger partial charge is 0.123 e. The lowest BCUT2D eigenvalue weighted by atomic mass is 10.1. The van der Waals surface area contributed by atoms with Gasteiger partial charge in [0.05, 0.1) is 5.88 Å². The maximum atomic E-state index is 12.9. The Bertz CT molecular complexity index is 540. The fraction of sp³-hybridized carbons (Fsp3) is 0.143. The first-order valence-corrected chi connectivity index (χ1v) is 6.37. The van der Waals surface area contributed by atoms with Crippen molar-refractivity contribution < 1.29 is 4.39 Å². The van der Waals surface area contributed by atoms with Gasteiger partial charge in [-0.05, 0) is 36.4 Å². The van der Waals surface area contributed by atoms with Gasteiger partial charge >= 0.3 is 0 Å². The molecule has 0 aromatic heterocycles. The highest BCUT2D eigenvalue weighted by atomic mass is 35.5. The van der Waals surface area contributed by atoms with Gasteiger partial charge in [-0.25, -0.2) is 4.39 Å². The third-order valence-corrected chi connectivity index (χ3v) is 3.42. The Morgan fingerprint density at radius 2 is 1.78 bits per heavy atom. The van der Waals surface area contributed by atoms with Crippen molar-refractivity contribution in [2.75, 3.05) is 11.9 Å². The van der Waals surface area contributed by atoms with E-state index >= 15 is 0 Å². The molecule has 0 bridgehead atoms. The van der Waals surface area contributed by atoms with Gasteiger partial charge in [0.15, 0.2) is 0 Å². The van der Waals surface area contributed by atoms with Crippen LogP contribution in [0.25, 0.3) is 0 Å². The average molecular weight is 284 g/mol. The average Bonchev–Trinajstić information content (AvgIpc) is 2.38. The summed E-state index contributed by atoms with van der Waals surface area (Å²) in [4.78, 5) is 1.93. The van der Waals surface area contributed by atoms with Gasteiger partial charge in [0.25, 0.3) is 0 Å². The Morgan fingerprint density at radius 1 is 1.11 bits per heavy atom. The Morgan fingerprint density at radius 3 is 2.39 bits per heavy atom. The second-order valence-corrected chi connectivity index (χ2v) is 4.58. The van der Waals surface area contributed by atoms with E-state index in [-0.39, 0.29) is 5.82 Å². The molecule has 0 aliphatic carbocycles. The number of nitrogens with zero attached hydrogens (tertiary/aromatic N) is 1. The number of hydrogen-bond donors (Lipinski definition) is 0. The van der Waals surface area contributed by atoms with Crippen LogP contribution in [-0.2, 0) is 5.88 Å². The van der Waals surface area contributed by atoms with Crippen LogP contribution in [0.2, 0.25) is 5.02 Å². The molecule has 0 unspecified atom stereocenters. The van der Waals surface area contributed by atoms with E-state index in [1.165, 1.54) is 12.1 Å². The molecule has 0 aliphatic heterocycles. The fourth-order valence-electron chi connectivity index (χ4n) is 1.80. The molecule has 2 aromatic carbocycles.